The highest BCUT2D eigenvalue weighted by Crippen LogP contribution is 2.18. The Kier molecular flexibility index (Phi) is 6.46. The van der Waals surface area contributed by atoms with Gasteiger partial charge in [0.05, 0.1) is 23.5 Å². The SMILES string of the molecule is Cc1c(CC(=O)N2CCC(N3CCNCC3)C2)nnn1-c1ccccc1.Cl. The minimum atomic E-state index is 0. The topological polar surface area (TPSA) is 66.3 Å². The third-order valence-electron chi connectivity index (χ3n) is 5.49. The normalized spacial score (nSPS) is 20.5. The summed E-state index contributed by atoms with van der Waals surface area (Å²) in [7, 11) is 0. The van der Waals surface area contributed by atoms with Gasteiger partial charge in [-0.1, -0.05) is 23.4 Å². The average molecular weight is 391 g/mol. The molecule has 1 aromatic carbocycles. The Hall–Kier alpha value is -1.96. The molecule has 0 saturated carbocycles. The molecule has 2 aliphatic heterocycles. The zero-order valence-corrected chi connectivity index (χ0v) is 16.5. The molecule has 0 spiro atoms. The Morgan fingerprint density at radius 3 is 2.67 bits per heavy atom. The number of amides is 1. The molecule has 0 radical (unpaired) electrons. The highest BCUT2D eigenvalue weighted by Gasteiger charge is 2.31. The summed E-state index contributed by atoms with van der Waals surface area (Å²) in [5, 5.41) is 11.9. The molecule has 3 heterocycles. The van der Waals surface area contributed by atoms with E-state index < -0.39 is 0 Å². The van der Waals surface area contributed by atoms with E-state index in [2.05, 4.69) is 20.5 Å². The number of carbonyl (C=O) groups excluding carboxylic acids is 1. The first-order chi connectivity index (χ1) is 12.7. The van der Waals surface area contributed by atoms with Crippen molar-refractivity contribution in [2.24, 2.45) is 0 Å². The van der Waals surface area contributed by atoms with E-state index in [0.29, 0.717) is 12.5 Å². The third-order valence-corrected chi connectivity index (χ3v) is 5.49. The molecule has 1 aromatic heterocycles. The van der Waals surface area contributed by atoms with Gasteiger partial charge < -0.3 is 10.2 Å². The molecular formula is C19H27ClN6O. The molecule has 1 N–H and O–H groups in total. The lowest BCUT2D eigenvalue weighted by Crippen LogP contribution is -2.49. The fourth-order valence-electron chi connectivity index (χ4n) is 3.91. The highest BCUT2D eigenvalue weighted by atomic mass is 35.5. The van der Waals surface area contributed by atoms with Gasteiger partial charge >= 0.3 is 0 Å². The van der Waals surface area contributed by atoms with Crippen molar-refractivity contribution in [3.63, 3.8) is 0 Å². The summed E-state index contributed by atoms with van der Waals surface area (Å²) in [6, 6.07) is 10.4. The predicted octanol–water partition coefficient (Wildman–Crippen LogP) is 1.05. The molecule has 2 fully saturated rings. The summed E-state index contributed by atoms with van der Waals surface area (Å²) in [6.45, 7) is 7.92. The van der Waals surface area contributed by atoms with Gasteiger partial charge in [-0.3, -0.25) is 9.69 Å². The van der Waals surface area contributed by atoms with Crippen LogP contribution >= 0.6 is 12.4 Å². The quantitative estimate of drug-likeness (QED) is 0.845. The van der Waals surface area contributed by atoms with Gasteiger partial charge in [0.25, 0.3) is 0 Å². The van der Waals surface area contributed by atoms with Gasteiger partial charge in [-0.15, -0.1) is 17.5 Å². The fraction of sp³-hybridized carbons (Fsp3) is 0.526. The molecule has 4 rings (SSSR count). The number of hydrogen-bond acceptors (Lipinski definition) is 5. The number of benzene rings is 1. The van der Waals surface area contributed by atoms with E-state index in [4.69, 9.17) is 0 Å². The maximum Gasteiger partial charge on any atom is 0.228 e. The van der Waals surface area contributed by atoms with Gasteiger partial charge in [0.1, 0.15) is 0 Å². The van der Waals surface area contributed by atoms with E-state index >= 15 is 0 Å². The zero-order valence-electron chi connectivity index (χ0n) is 15.7. The summed E-state index contributed by atoms with van der Waals surface area (Å²) in [4.78, 5) is 17.3. The Bertz CT molecular complexity index is 759. The van der Waals surface area contributed by atoms with Crippen LogP contribution in [0, 0.1) is 6.92 Å². The van der Waals surface area contributed by atoms with Crippen molar-refractivity contribution in [2.75, 3.05) is 39.3 Å². The molecule has 27 heavy (non-hydrogen) atoms. The van der Waals surface area contributed by atoms with Crippen LogP contribution < -0.4 is 5.32 Å². The monoisotopic (exact) mass is 390 g/mol. The number of likely N-dealkylation sites (tertiary alicyclic amines) is 1. The van der Waals surface area contributed by atoms with Gasteiger partial charge in [0.15, 0.2) is 0 Å². The van der Waals surface area contributed by atoms with E-state index in [1.54, 1.807) is 4.68 Å². The number of nitrogens with zero attached hydrogens (tertiary/aromatic N) is 5. The van der Waals surface area contributed by atoms with Crippen molar-refractivity contribution in [1.29, 1.82) is 0 Å². The van der Waals surface area contributed by atoms with Gasteiger partial charge in [0.2, 0.25) is 5.91 Å². The molecule has 7 nitrogen and oxygen atoms in total. The standard InChI is InChI=1S/C19H26N6O.ClH/c1-15-18(21-22-25(15)16-5-3-2-4-6-16)13-19(26)24-10-7-17(14-24)23-11-8-20-9-12-23;/h2-6,17,20H,7-14H2,1H3;1H. The average Bonchev–Trinajstić information content (AvgIpc) is 3.31. The Morgan fingerprint density at radius 2 is 1.93 bits per heavy atom. The summed E-state index contributed by atoms with van der Waals surface area (Å²) in [5.41, 5.74) is 2.67. The van der Waals surface area contributed by atoms with Crippen LogP contribution in [0.25, 0.3) is 5.69 Å². The molecule has 0 bridgehead atoms. The maximum absolute atomic E-state index is 12.8. The third kappa shape index (κ3) is 4.31. The van der Waals surface area contributed by atoms with Crippen LogP contribution in [-0.2, 0) is 11.2 Å². The van der Waals surface area contributed by atoms with Crippen LogP contribution in [-0.4, -0.2) is 76.0 Å². The number of rotatable bonds is 4. The van der Waals surface area contributed by atoms with Crippen LogP contribution in [0.3, 0.4) is 0 Å². The minimum absolute atomic E-state index is 0. The molecule has 0 aliphatic carbocycles. The molecule has 2 aromatic rings. The van der Waals surface area contributed by atoms with Crippen molar-refractivity contribution in [3.8, 4) is 5.69 Å². The van der Waals surface area contributed by atoms with E-state index in [1.165, 1.54) is 0 Å². The molecule has 1 atom stereocenters. The second-order valence-corrected chi connectivity index (χ2v) is 7.11. The van der Waals surface area contributed by atoms with E-state index in [-0.39, 0.29) is 18.3 Å². The number of para-hydroxylation sites is 1. The maximum atomic E-state index is 12.8. The lowest BCUT2D eigenvalue weighted by atomic mass is 10.2. The number of carbonyl (C=O) groups is 1. The van der Waals surface area contributed by atoms with E-state index in [9.17, 15) is 4.79 Å². The Morgan fingerprint density at radius 1 is 1.19 bits per heavy atom. The lowest BCUT2D eigenvalue weighted by molar-refractivity contribution is -0.129. The van der Waals surface area contributed by atoms with Crippen molar-refractivity contribution in [3.05, 3.63) is 41.7 Å². The first-order valence-corrected chi connectivity index (χ1v) is 9.41. The lowest BCUT2D eigenvalue weighted by Gasteiger charge is -2.32. The highest BCUT2D eigenvalue weighted by molar-refractivity contribution is 5.85. The first-order valence-electron chi connectivity index (χ1n) is 9.41. The first kappa shape index (κ1) is 19.8. The Labute approximate surface area is 166 Å². The second kappa shape index (κ2) is 8.82. The number of nitrogens with one attached hydrogen (secondary N) is 1. The van der Waals surface area contributed by atoms with Gasteiger partial charge in [-0.2, -0.15) is 0 Å². The molecule has 2 saturated heterocycles. The van der Waals surface area contributed by atoms with Gasteiger partial charge in [-0.25, -0.2) is 4.68 Å². The second-order valence-electron chi connectivity index (χ2n) is 7.11. The van der Waals surface area contributed by atoms with Crippen molar-refractivity contribution < 1.29 is 4.79 Å². The van der Waals surface area contributed by atoms with E-state index in [1.807, 2.05) is 42.2 Å². The molecule has 2 aliphatic rings. The fourth-order valence-corrected chi connectivity index (χ4v) is 3.91. The van der Waals surface area contributed by atoms with Crippen molar-refractivity contribution in [2.45, 2.75) is 25.8 Å². The molecular weight excluding hydrogens is 364 g/mol. The molecule has 146 valence electrons. The molecule has 8 heteroatoms. The number of halogens is 1. The Balaban J connectivity index is 0.00000210. The molecule has 1 unspecified atom stereocenters. The van der Waals surface area contributed by atoms with Gasteiger partial charge in [0, 0.05) is 45.3 Å². The minimum Gasteiger partial charge on any atom is -0.341 e. The van der Waals surface area contributed by atoms with Crippen LogP contribution in [0.4, 0.5) is 0 Å². The van der Waals surface area contributed by atoms with Crippen LogP contribution in [0.15, 0.2) is 30.3 Å². The number of hydrogen-bond donors (Lipinski definition) is 1. The summed E-state index contributed by atoms with van der Waals surface area (Å²) < 4.78 is 1.80. The van der Waals surface area contributed by atoms with Crippen molar-refractivity contribution >= 4 is 18.3 Å². The number of aromatic nitrogens is 3. The van der Waals surface area contributed by atoms with Crippen LogP contribution in [0.1, 0.15) is 17.8 Å². The summed E-state index contributed by atoms with van der Waals surface area (Å²) in [5.74, 6) is 0.158. The smallest absolute Gasteiger partial charge is 0.228 e. The number of piperazine rings is 1. The predicted molar refractivity (Wildman–Crippen MR) is 106 cm³/mol. The summed E-state index contributed by atoms with van der Waals surface area (Å²) >= 11 is 0. The summed E-state index contributed by atoms with van der Waals surface area (Å²) in [6.07, 6.45) is 1.40. The van der Waals surface area contributed by atoms with E-state index in [0.717, 1.165) is 62.8 Å². The van der Waals surface area contributed by atoms with Crippen LogP contribution in [0.5, 0.6) is 0 Å². The molecule has 1 amide bonds. The zero-order chi connectivity index (χ0) is 17.9. The van der Waals surface area contributed by atoms with Crippen molar-refractivity contribution in [1.82, 2.24) is 30.1 Å². The largest absolute Gasteiger partial charge is 0.341 e. The van der Waals surface area contributed by atoms with Gasteiger partial charge in [-0.05, 0) is 25.5 Å². The van der Waals surface area contributed by atoms with Crippen LogP contribution in [0.2, 0.25) is 0 Å².